The van der Waals surface area contributed by atoms with Crippen molar-refractivity contribution in [2.24, 2.45) is 0 Å². The predicted octanol–water partition coefficient (Wildman–Crippen LogP) is 2.84. The van der Waals surface area contributed by atoms with Crippen LogP contribution in [-0.4, -0.2) is 35.8 Å². The molecule has 0 bridgehead atoms. The maximum Gasteiger partial charge on any atom is 0.255 e. The molecule has 1 fully saturated rings. The molecule has 0 saturated carbocycles. The molecule has 1 heterocycles. The van der Waals surface area contributed by atoms with Crippen molar-refractivity contribution >= 4 is 39.3 Å². The fraction of sp³-hybridized carbons (Fsp3) is 0.429. The monoisotopic (exact) mass is 358 g/mol. The quantitative estimate of drug-likeness (QED) is 0.883. The van der Waals surface area contributed by atoms with E-state index in [4.69, 9.17) is 11.6 Å². The molecule has 2 amide bonds. The molecule has 108 valence electrons. The Labute approximate surface area is 131 Å². The summed E-state index contributed by atoms with van der Waals surface area (Å²) in [5.41, 5.74) is 0.513. The molecule has 1 aromatic carbocycles. The Balaban J connectivity index is 2.02. The molecule has 2 rings (SSSR count). The van der Waals surface area contributed by atoms with Gasteiger partial charge in [-0.25, -0.2) is 0 Å². The van der Waals surface area contributed by atoms with Gasteiger partial charge in [0.05, 0.1) is 10.6 Å². The Kier molecular flexibility index (Phi) is 5.05. The van der Waals surface area contributed by atoms with E-state index in [-0.39, 0.29) is 17.9 Å². The SMILES string of the molecule is CC(=O)NC1CCN(C(=O)c2cccc(Br)c2Cl)CC1. The zero-order valence-electron chi connectivity index (χ0n) is 11.2. The highest BCUT2D eigenvalue weighted by molar-refractivity contribution is 9.10. The van der Waals surface area contributed by atoms with Crippen molar-refractivity contribution in [3.63, 3.8) is 0 Å². The van der Waals surface area contributed by atoms with Gasteiger partial charge >= 0.3 is 0 Å². The third-order valence-corrected chi connectivity index (χ3v) is 4.67. The van der Waals surface area contributed by atoms with Gasteiger partial charge in [-0.3, -0.25) is 9.59 Å². The topological polar surface area (TPSA) is 49.4 Å². The molecule has 1 aromatic rings. The summed E-state index contributed by atoms with van der Waals surface area (Å²) in [6.45, 7) is 2.78. The molecule has 4 nitrogen and oxygen atoms in total. The maximum atomic E-state index is 12.4. The van der Waals surface area contributed by atoms with Gasteiger partial charge in [0.25, 0.3) is 5.91 Å². The second-order valence-corrected chi connectivity index (χ2v) is 6.10. The number of benzene rings is 1. The average Bonchev–Trinajstić information content (AvgIpc) is 2.41. The van der Waals surface area contributed by atoms with E-state index in [1.54, 1.807) is 17.0 Å². The summed E-state index contributed by atoms with van der Waals surface area (Å²) in [5, 5.41) is 3.34. The Morgan fingerprint density at radius 3 is 2.60 bits per heavy atom. The number of piperidine rings is 1. The second-order valence-electron chi connectivity index (χ2n) is 4.87. The van der Waals surface area contributed by atoms with Crippen LogP contribution >= 0.6 is 27.5 Å². The zero-order valence-corrected chi connectivity index (χ0v) is 13.5. The highest BCUT2D eigenvalue weighted by Gasteiger charge is 2.25. The van der Waals surface area contributed by atoms with E-state index in [0.717, 1.165) is 17.3 Å². The van der Waals surface area contributed by atoms with Crippen molar-refractivity contribution in [1.82, 2.24) is 10.2 Å². The van der Waals surface area contributed by atoms with E-state index in [9.17, 15) is 9.59 Å². The molecule has 1 N–H and O–H groups in total. The number of carbonyl (C=O) groups excluding carboxylic acids is 2. The van der Waals surface area contributed by atoms with Gasteiger partial charge in [-0.2, -0.15) is 0 Å². The normalized spacial score (nSPS) is 16.1. The van der Waals surface area contributed by atoms with Crippen LogP contribution in [0.1, 0.15) is 30.1 Å². The van der Waals surface area contributed by atoms with Crippen molar-refractivity contribution in [3.8, 4) is 0 Å². The van der Waals surface area contributed by atoms with Gasteiger partial charge in [0.2, 0.25) is 5.91 Å². The highest BCUT2D eigenvalue weighted by atomic mass is 79.9. The maximum absolute atomic E-state index is 12.4. The van der Waals surface area contributed by atoms with E-state index in [1.807, 2.05) is 6.07 Å². The van der Waals surface area contributed by atoms with Crippen LogP contribution in [0.15, 0.2) is 22.7 Å². The molecule has 0 aromatic heterocycles. The Morgan fingerprint density at radius 1 is 1.35 bits per heavy atom. The van der Waals surface area contributed by atoms with E-state index in [1.165, 1.54) is 6.92 Å². The van der Waals surface area contributed by atoms with E-state index in [0.29, 0.717) is 23.7 Å². The summed E-state index contributed by atoms with van der Waals surface area (Å²) >= 11 is 9.48. The lowest BCUT2D eigenvalue weighted by Crippen LogP contribution is -2.46. The number of hydrogen-bond acceptors (Lipinski definition) is 2. The number of likely N-dealkylation sites (tertiary alicyclic amines) is 1. The molecule has 20 heavy (non-hydrogen) atoms. The molecule has 0 spiro atoms. The van der Waals surface area contributed by atoms with Crippen LogP contribution in [-0.2, 0) is 4.79 Å². The van der Waals surface area contributed by atoms with E-state index < -0.39 is 0 Å². The second kappa shape index (κ2) is 6.59. The minimum atomic E-state index is -0.0578. The summed E-state index contributed by atoms with van der Waals surface area (Å²) in [7, 11) is 0. The Morgan fingerprint density at radius 2 is 2.00 bits per heavy atom. The molecule has 1 aliphatic rings. The van der Waals surface area contributed by atoms with Crippen molar-refractivity contribution in [3.05, 3.63) is 33.3 Å². The molecule has 1 saturated heterocycles. The predicted molar refractivity (Wildman–Crippen MR) is 81.9 cm³/mol. The lowest BCUT2D eigenvalue weighted by Gasteiger charge is -2.32. The summed E-state index contributed by atoms with van der Waals surface area (Å²) in [6.07, 6.45) is 1.55. The fourth-order valence-corrected chi connectivity index (χ4v) is 2.93. The van der Waals surface area contributed by atoms with Crippen LogP contribution in [0.25, 0.3) is 0 Å². The number of nitrogens with one attached hydrogen (secondary N) is 1. The molecule has 0 unspecified atom stereocenters. The number of hydrogen-bond donors (Lipinski definition) is 1. The average molecular weight is 360 g/mol. The number of rotatable bonds is 2. The summed E-state index contributed by atoms with van der Waals surface area (Å²) < 4.78 is 0.721. The van der Waals surface area contributed by atoms with Gasteiger partial charge in [0.15, 0.2) is 0 Å². The number of carbonyl (C=O) groups is 2. The number of amides is 2. The summed E-state index contributed by atoms with van der Waals surface area (Å²) in [5.74, 6) is -0.0811. The molecule has 1 aliphatic heterocycles. The largest absolute Gasteiger partial charge is 0.353 e. The number of halogens is 2. The van der Waals surface area contributed by atoms with Gasteiger partial charge in [-0.1, -0.05) is 17.7 Å². The lowest BCUT2D eigenvalue weighted by atomic mass is 10.0. The Bertz CT molecular complexity index is 528. The van der Waals surface area contributed by atoms with Crippen molar-refractivity contribution in [2.45, 2.75) is 25.8 Å². The van der Waals surface area contributed by atoms with E-state index in [2.05, 4.69) is 21.2 Å². The van der Waals surface area contributed by atoms with Gasteiger partial charge < -0.3 is 10.2 Å². The summed E-state index contributed by atoms with van der Waals surface area (Å²) in [4.78, 5) is 25.2. The third-order valence-electron chi connectivity index (χ3n) is 3.37. The first kappa shape index (κ1) is 15.3. The van der Waals surface area contributed by atoms with Crippen LogP contribution in [0.5, 0.6) is 0 Å². The van der Waals surface area contributed by atoms with Crippen LogP contribution in [0.4, 0.5) is 0 Å². The number of nitrogens with zero attached hydrogens (tertiary/aromatic N) is 1. The van der Waals surface area contributed by atoms with Gasteiger partial charge in [0, 0.05) is 30.5 Å². The lowest BCUT2D eigenvalue weighted by molar-refractivity contribution is -0.119. The molecular weight excluding hydrogens is 344 g/mol. The molecule has 0 aliphatic carbocycles. The minimum Gasteiger partial charge on any atom is -0.353 e. The smallest absolute Gasteiger partial charge is 0.255 e. The highest BCUT2D eigenvalue weighted by Crippen LogP contribution is 2.27. The first-order valence-corrected chi connectivity index (χ1v) is 7.66. The molecule has 0 radical (unpaired) electrons. The van der Waals surface area contributed by atoms with Gasteiger partial charge in [-0.15, -0.1) is 0 Å². The summed E-state index contributed by atoms with van der Waals surface area (Å²) in [6, 6.07) is 5.50. The molecule has 0 atom stereocenters. The third kappa shape index (κ3) is 3.52. The van der Waals surface area contributed by atoms with Gasteiger partial charge in [-0.05, 0) is 40.9 Å². The zero-order chi connectivity index (χ0) is 14.7. The van der Waals surface area contributed by atoms with Gasteiger partial charge in [0.1, 0.15) is 0 Å². The minimum absolute atomic E-state index is 0.0233. The first-order valence-electron chi connectivity index (χ1n) is 6.49. The van der Waals surface area contributed by atoms with Crippen molar-refractivity contribution in [1.29, 1.82) is 0 Å². The van der Waals surface area contributed by atoms with Crippen LogP contribution < -0.4 is 5.32 Å². The molecule has 6 heteroatoms. The fourth-order valence-electron chi connectivity index (χ4n) is 2.35. The van der Waals surface area contributed by atoms with Crippen molar-refractivity contribution < 1.29 is 9.59 Å². The van der Waals surface area contributed by atoms with Crippen LogP contribution in [0.2, 0.25) is 5.02 Å². The van der Waals surface area contributed by atoms with Crippen LogP contribution in [0.3, 0.4) is 0 Å². The van der Waals surface area contributed by atoms with Crippen molar-refractivity contribution in [2.75, 3.05) is 13.1 Å². The van der Waals surface area contributed by atoms with E-state index >= 15 is 0 Å². The first-order chi connectivity index (χ1) is 9.49. The Hall–Kier alpha value is -1.07. The standard InChI is InChI=1S/C14H16BrClN2O2/c1-9(19)17-10-5-7-18(8-6-10)14(20)11-3-2-4-12(15)13(11)16/h2-4,10H,5-8H2,1H3,(H,17,19). The molecular formula is C14H16BrClN2O2. The van der Waals surface area contributed by atoms with Crippen LogP contribution in [0, 0.1) is 0 Å².